The molecule has 1 aromatic rings. The fraction of sp³-hybridized carbons (Fsp3) is 0.636. The molecular weight excluding hydrogens is 420 g/mol. The first-order valence-electron chi connectivity index (χ1n) is 10.0. The second-order valence-electron chi connectivity index (χ2n) is 10.5. The first-order chi connectivity index (χ1) is 13.7. The number of sulfonamides is 1. The number of carbonyl (C=O) groups excluding carboxylic acids is 2. The number of rotatable bonds is 4. The van der Waals surface area contributed by atoms with Crippen LogP contribution in [0.15, 0.2) is 18.2 Å². The molecule has 0 radical (unpaired) electrons. The van der Waals surface area contributed by atoms with Gasteiger partial charge in [-0.15, -0.1) is 0 Å². The maximum atomic E-state index is 12.5. The summed E-state index contributed by atoms with van der Waals surface area (Å²) in [5, 5.41) is 2.69. The van der Waals surface area contributed by atoms with E-state index in [0.29, 0.717) is 15.6 Å². The Morgan fingerprint density at radius 1 is 0.903 bits per heavy atom. The molecule has 0 fully saturated rings. The fourth-order valence-electron chi connectivity index (χ4n) is 2.51. The number of hydrogen-bond acceptors (Lipinski definition) is 6. The fourth-order valence-corrected chi connectivity index (χ4v) is 3.20. The van der Waals surface area contributed by atoms with Gasteiger partial charge in [0.15, 0.2) is 0 Å². The average Bonchev–Trinajstić information content (AvgIpc) is 2.46. The predicted molar refractivity (Wildman–Crippen MR) is 122 cm³/mol. The van der Waals surface area contributed by atoms with E-state index < -0.39 is 33.4 Å². The SMILES string of the molecule is CC(C)(C)OC(=O)Nc1cc(CN(C(=O)OC(C)(C)C)S(C)(=O)=O)cc(C(C)(C)C)c1. The number of amides is 2. The van der Waals surface area contributed by atoms with Crippen LogP contribution >= 0.6 is 0 Å². The highest BCUT2D eigenvalue weighted by Crippen LogP contribution is 2.28. The highest BCUT2D eigenvalue weighted by molar-refractivity contribution is 7.88. The topological polar surface area (TPSA) is 102 Å². The molecule has 31 heavy (non-hydrogen) atoms. The summed E-state index contributed by atoms with van der Waals surface area (Å²) in [5.74, 6) is 0. The monoisotopic (exact) mass is 456 g/mol. The molecule has 0 aliphatic heterocycles. The van der Waals surface area contributed by atoms with Crippen molar-refractivity contribution in [2.75, 3.05) is 11.6 Å². The van der Waals surface area contributed by atoms with E-state index in [2.05, 4.69) is 5.32 Å². The molecule has 0 spiro atoms. The molecule has 0 saturated carbocycles. The van der Waals surface area contributed by atoms with Gasteiger partial charge in [-0.25, -0.2) is 22.3 Å². The van der Waals surface area contributed by atoms with Gasteiger partial charge >= 0.3 is 12.2 Å². The van der Waals surface area contributed by atoms with Gasteiger partial charge < -0.3 is 9.47 Å². The van der Waals surface area contributed by atoms with E-state index in [-0.39, 0.29) is 12.0 Å². The van der Waals surface area contributed by atoms with E-state index in [4.69, 9.17) is 9.47 Å². The van der Waals surface area contributed by atoms with Crippen LogP contribution in [0.25, 0.3) is 0 Å². The molecule has 0 heterocycles. The van der Waals surface area contributed by atoms with Crippen LogP contribution < -0.4 is 5.32 Å². The van der Waals surface area contributed by atoms with Crippen LogP contribution in [0.4, 0.5) is 15.3 Å². The Hall–Kier alpha value is -2.29. The Bertz CT molecular complexity index is 919. The summed E-state index contributed by atoms with van der Waals surface area (Å²) in [6, 6.07) is 5.22. The Morgan fingerprint density at radius 3 is 1.84 bits per heavy atom. The van der Waals surface area contributed by atoms with Crippen molar-refractivity contribution in [2.45, 2.75) is 85.5 Å². The van der Waals surface area contributed by atoms with Gasteiger partial charge in [-0.3, -0.25) is 5.32 Å². The molecule has 1 aromatic carbocycles. The maximum absolute atomic E-state index is 12.5. The van der Waals surface area contributed by atoms with Gasteiger partial charge in [0.05, 0.1) is 12.8 Å². The van der Waals surface area contributed by atoms with Crippen molar-refractivity contribution in [3.8, 4) is 0 Å². The van der Waals surface area contributed by atoms with Gasteiger partial charge in [-0.1, -0.05) is 26.8 Å². The first-order valence-corrected chi connectivity index (χ1v) is 11.9. The predicted octanol–water partition coefficient (Wildman–Crippen LogP) is 5.03. The smallest absolute Gasteiger partial charge is 0.424 e. The molecule has 176 valence electrons. The minimum absolute atomic E-state index is 0.235. The summed E-state index contributed by atoms with van der Waals surface area (Å²) >= 11 is 0. The van der Waals surface area contributed by atoms with E-state index in [1.807, 2.05) is 26.8 Å². The maximum Gasteiger partial charge on any atom is 0.424 e. The highest BCUT2D eigenvalue weighted by Gasteiger charge is 2.29. The third-order valence-corrected chi connectivity index (χ3v) is 4.91. The molecule has 9 heteroatoms. The van der Waals surface area contributed by atoms with Crippen molar-refractivity contribution in [2.24, 2.45) is 0 Å². The minimum Gasteiger partial charge on any atom is -0.444 e. The molecule has 0 atom stereocenters. The molecule has 0 unspecified atom stereocenters. The van der Waals surface area contributed by atoms with Crippen LogP contribution in [0.3, 0.4) is 0 Å². The van der Waals surface area contributed by atoms with Crippen molar-refractivity contribution in [3.05, 3.63) is 29.3 Å². The summed E-state index contributed by atoms with van der Waals surface area (Å²) in [7, 11) is -3.90. The standard InChI is InChI=1S/C22H36N2O6S/c1-20(2,3)16-11-15(12-17(13-16)23-18(25)29-21(4,5)6)14-24(31(10,27)28)19(26)30-22(7,8)9/h11-13H,14H2,1-10H3,(H,23,25). The summed E-state index contributed by atoms with van der Waals surface area (Å²) < 4.78 is 35.8. The molecule has 0 bridgehead atoms. The van der Waals surface area contributed by atoms with E-state index >= 15 is 0 Å². The summed E-state index contributed by atoms with van der Waals surface area (Å²) in [5.41, 5.74) is 0.00913. The van der Waals surface area contributed by atoms with Crippen LogP contribution in [-0.4, -0.2) is 42.4 Å². The second-order valence-corrected chi connectivity index (χ2v) is 12.5. The van der Waals surface area contributed by atoms with E-state index in [9.17, 15) is 18.0 Å². The van der Waals surface area contributed by atoms with Crippen LogP contribution in [0.2, 0.25) is 0 Å². The van der Waals surface area contributed by atoms with Crippen molar-refractivity contribution in [1.29, 1.82) is 0 Å². The normalized spacial score (nSPS) is 12.8. The van der Waals surface area contributed by atoms with Crippen LogP contribution in [0, 0.1) is 0 Å². The Balaban J connectivity index is 3.35. The number of ether oxygens (including phenoxy) is 2. The minimum atomic E-state index is -3.90. The molecule has 1 N–H and O–H groups in total. The van der Waals surface area contributed by atoms with Gasteiger partial charge in [0.25, 0.3) is 0 Å². The Morgan fingerprint density at radius 2 is 1.42 bits per heavy atom. The van der Waals surface area contributed by atoms with Crippen LogP contribution in [-0.2, 0) is 31.5 Å². The summed E-state index contributed by atoms with van der Waals surface area (Å²) in [6.45, 7) is 16.0. The van der Waals surface area contributed by atoms with Crippen LogP contribution in [0.5, 0.6) is 0 Å². The van der Waals surface area contributed by atoms with Crippen molar-refractivity contribution >= 4 is 27.9 Å². The highest BCUT2D eigenvalue weighted by atomic mass is 32.2. The molecule has 8 nitrogen and oxygen atoms in total. The quantitative estimate of drug-likeness (QED) is 0.682. The zero-order chi connectivity index (χ0) is 24.4. The molecular formula is C22H36N2O6S. The van der Waals surface area contributed by atoms with Gasteiger partial charge in [0.1, 0.15) is 11.2 Å². The average molecular weight is 457 g/mol. The molecule has 0 aliphatic rings. The largest absolute Gasteiger partial charge is 0.444 e. The zero-order valence-electron chi connectivity index (χ0n) is 20.2. The number of hydrogen-bond donors (Lipinski definition) is 1. The third kappa shape index (κ3) is 9.59. The zero-order valence-corrected chi connectivity index (χ0v) is 21.1. The molecule has 0 aromatic heterocycles. The lowest BCUT2D eigenvalue weighted by Crippen LogP contribution is -2.39. The third-order valence-electron chi connectivity index (χ3n) is 3.83. The summed E-state index contributed by atoms with van der Waals surface area (Å²) in [4.78, 5) is 24.8. The second kappa shape index (κ2) is 9.06. The molecule has 0 saturated heterocycles. The number of carbonyl (C=O) groups is 2. The molecule has 1 rings (SSSR count). The van der Waals surface area contributed by atoms with Crippen molar-refractivity contribution in [3.63, 3.8) is 0 Å². The van der Waals surface area contributed by atoms with Gasteiger partial charge in [0, 0.05) is 5.69 Å². The van der Waals surface area contributed by atoms with Crippen LogP contribution in [0.1, 0.15) is 73.4 Å². The molecule has 0 aliphatic carbocycles. The number of nitrogens with zero attached hydrogens (tertiary/aromatic N) is 1. The van der Waals surface area contributed by atoms with Gasteiger partial charge in [-0.05, 0) is 70.2 Å². The number of nitrogens with one attached hydrogen (secondary N) is 1. The van der Waals surface area contributed by atoms with Crippen molar-refractivity contribution in [1.82, 2.24) is 4.31 Å². The number of anilines is 1. The Kier molecular flexibility index (Phi) is 7.82. The lowest BCUT2D eigenvalue weighted by atomic mass is 9.86. The molecule has 2 amide bonds. The lowest BCUT2D eigenvalue weighted by molar-refractivity contribution is 0.0382. The van der Waals surface area contributed by atoms with E-state index in [1.54, 1.807) is 53.7 Å². The number of benzene rings is 1. The Labute approximate surface area is 186 Å². The summed E-state index contributed by atoms with van der Waals surface area (Å²) in [6.07, 6.45) is -0.640. The first kappa shape index (κ1) is 26.7. The van der Waals surface area contributed by atoms with E-state index in [1.165, 1.54) is 0 Å². The lowest BCUT2D eigenvalue weighted by Gasteiger charge is -2.27. The van der Waals surface area contributed by atoms with Crippen molar-refractivity contribution < 1.29 is 27.5 Å². The van der Waals surface area contributed by atoms with E-state index in [0.717, 1.165) is 11.8 Å². The van der Waals surface area contributed by atoms with Gasteiger partial charge in [-0.2, -0.15) is 0 Å². The van der Waals surface area contributed by atoms with Gasteiger partial charge in [0.2, 0.25) is 10.0 Å².